The van der Waals surface area contributed by atoms with Crippen molar-refractivity contribution in [3.63, 3.8) is 0 Å². The van der Waals surface area contributed by atoms with Gasteiger partial charge in [0, 0.05) is 18.2 Å². The molecule has 1 fully saturated rings. The van der Waals surface area contributed by atoms with Crippen molar-refractivity contribution >= 4 is 17.5 Å². The van der Waals surface area contributed by atoms with Gasteiger partial charge in [0.05, 0.1) is 6.54 Å². The van der Waals surface area contributed by atoms with Crippen LogP contribution in [0.25, 0.3) is 0 Å². The Morgan fingerprint density at radius 2 is 1.78 bits per heavy atom. The topological polar surface area (TPSA) is 58.6 Å². The molecule has 1 heterocycles. The molecule has 1 aliphatic heterocycles. The van der Waals surface area contributed by atoms with E-state index >= 15 is 0 Å². The number of carbonyl (C=O) groups is 2. The molecule has 0 bridgehead atoms. The van der Waals surface area contributed by atoms with Crippen LogP contribution in [-0.2, 0) is 9.53 Å². The first kappa shape index (κ1) is 15.2. The van der Waals surface area contributed by atoms with Crippen molar-refractivity contribution in [2.45, 2.75) is 13.0 Å². The maximum Gasteiger partial charge on any atom is 0.255 e. The van der Waals surface area contributed by atoms with Gasteiger partial charge in [0.15, 0.2) is 0 Å². The third-order valence-electron chi connectivity index (χ3n) is 3.73. The van der Waals surface area contributed by atoms with Gasteiger partial charge < -0.3 is 15.0 Å². The summed E-state index contributed by atoms with van der Waals surface area (Å²) in [5, 5.41) is 2.68. The van der Waals surface area contributed by atoms with E-state index in [1.54, 1.807) is 29.2 Å². The second kappa shape index (κ2) is 6.62. The number of nitrogens with one attached hydrogen (secondary N) is 1. The van der Waals surface area contributed by atoms with Crippen LogP contribution >= 0.6 is 0 Å². The van der Waals surface area contributed by atoms with Crippen LogP contribution in [0.2, 0.25) is 0 Å². The molecule has 3 rings (SSSR count). The molecule has 0 spiro atoms. The predicted octanol–water partition coefficient (Wildman–Crippen LogP) is 2.82. The SMILES string of the molecule is CC(=O)Nc1ccc(C(=O)N2COC(c3ccccc3)C2)cc1. The first-order chi connectivity index (χ1) is 11.1. The maximum atomic E-state index is 12.5. The Hall–Kier alpha value is -2.66. The largest absolute Gasteiger partial charge is 0.351 e. The number of carbonyl (C=O) groups excluding carboxylic acids is 2. The average molecular weight is 310 g/mol. The third kappa shape index (κ3) is 3.57. The van der Waals surface area contributed by atoms with Crippen LogP contribution < -0.4 is 5.32 Å². The van der Waals surface area contributed by atoms with Crippen LogP contribution in [0.1, 0.15) is 28.9 Å². The quantitative estimate of drug-likeness (QED) is 0.948. The molecule has 5 nitrogen and oxygen atoms in total. The Labute approximate surface area is 134 Å². The van der Waals surface area contributed by atoms with Crippen LogP contribution in [0.15, 0.2) is 54.6 Å². The summed E-state index contributed by atoms with van der Waals surface area (Å²) in [6, 6.07) is 16.8. The highest BCUT2D eigenvalue weighted by molar-refractivity contribution is 5.95. The smallest absolute Gasteiger partial charge is 0.255 e. The predicted molar refractivity (Wildman–Crippen MR) is 86.9 cm³/mol. The molecule has 1 unspecified atom stereocenters. The molecule has 1 N–H and O–H groups in total. The summed E-state index contributed by atoms with van der Waals surface area (Å²) >= 11 is 0. The molecule has 0 aliphatic carbocycles. The lowest BCUT2D eigenvalue weighted by Crippen LogP contribution is -2.28. The van der Waals surface area contributed by atoms with Gasteiger partial charge in [-0.1, -0.05) is 30.3 Å². The fourth-order valence-electron chi connectivity index (χ4n) is 2.58. The minimum atomic E-state index is -0.136. The summed E-state index contributed by atoms with van der Waals surface area (Å²) in [6.07, 6.45) is -0.0844. The highest BCUT2D eigenvalue weighted by Gasteiger charge is 2.28. The van der Waals surface area contributed by atoms with E-state index < -0.39 is 0 Å². The van der Waals surface area contributed by atoms with Gasteiger partial charge in [0.25, 0.3) is 5.91 Å². The second-order valence-corrected chi connectivity index (χ2v) is 5.48. The lowest BCUT2D eigenvalue weighted by molar-refractivity contribution is -0.114. The van der Waals surface area contributed by atoms with Gasteiger partial charge in [0.1, 0.15) is 12.8 Å². The molecule has 23 heavy (non-hydrogen) atoms. The molecule has 0 aromatic heterocycles. The van der Waals surface area contributed by atoms with Crippen molar-refractivity contribution in [2.24, 2.45) is 0 Å². The summed E-state index contributed by atoms with van der Waals surface area (Å²) < 4.78 is 5.72. The molecule has 5 heteroatoms. The van der Waals surface area contributed by atoms with E-state index in [9.17, 15) is 9.59 Å². The van der Waals surface area contributed by atoms with Crippen molar-refractivity contribution in [1.82, 2.24) is 4.90 Å². The number of ether oxygens (including phenoxy) is 1. The number of hydrogen-bond donors (Lipinski definition) is 1. The fourth-order valence-corrected chi connectivity index (χ4v) is 2.58. The molecular weight excluding hydrogens is 292 g/mol. The lowest BCUT2D eigenvalue weighted by atomic mass is 10.1. The number of rotatable bonds is 3. The Bertz CT molecular complexity index is 698. The van der Waals surface area contributed by atoms with Crippen molar-refractivity contribution in [2.75, 3.05) is 18.6 Å². The first-order valence-corrected chi connectivity index (χ1v) is 7.47. The van der Waals surface area contributed by atoms with E-state index in [4.69, 9.17) is 4.74 Å². The van der Waals surface area contributed by atoms with E-state index in [1.807, 2.05) is 30.3 Å². The Morgan fingerprint density at radius 1 is 1.09 bits per heavy atom. The lowest BCUT2D eigenvalue weighted by Gasteiger charge is -2.14. The van der Waals surface area contributed by atoms with E-state index in [1.165, 1.54) is 6.92 Å². The molecule has 2 amide bonds. The molecule has 1 atom stereocenters. The molecule has 0 radical (unpaired) electrons. The molecule has 2 aromatic rings. The second-order valence-electron chi connectivity index (χ2n) is 5.48. The van der Waals surface area contributed by atoms with Crippen LogP contribution in [0.3, 0.4) is 0 Å². The number of amides is 2. The van der Waals surface area contributed by atoms with Crippen LogP contribution in [0.5, 0.6) is 0 Å². The summed E-state index contributed by atoms with van der Waals surface area (Å²) in [7, 11) is 0. The third-order valence-corrected chi connectivity index (χ3v) is 3.73. The van der Waals surface area contributed by atoms with Crippen molar-refractivity contribution in [3.05, 3.63) is 65.7 Å². The first-order valence-electron chi connectivity index (χ1n) is 7.47. The molecule has 118 valence electrons. The van der Waals surface area contributed by atoms with Crippen molar-refractivity contribution in [1.29, 1.82) is 0 Å². The van der Waals surface area contributed by atoms with Crippen molar-refractivity contribution in [3.8, 4) is 0 Å². The number of hydrogen-bond acceptors (Lipinski definition) is 3. The fraction of sp³-hybridized carbons (Fsp3) is 0.222. The average Bonchev–Trinajstić information content (AvgIpc) is 3.05. The molecule has 0 saturated carbocycles. The van der Waals surface area contributed by atoms with Gasteiger partial charge in [0.2, 0.25) is 5.91 Å². The highest BCUT2D eigenvalue weighted by Crippen LogP contribution is 2.25. The summed E-state index contributed by atoms with van der Waals surface area (Å²) in [5.41, 5.74) is 2.33. The van der Waals surface area contributed by atoms with Gasteiger partial charge in [-0.2, -0.15) is 0 Å². The zero-order valence-electron chi connectivity index (χ0n) is 12.9. The van der Waals surface area contributed by atoms with E-state index in [0.29, 0.717) is 17.8 Å². The highest BCUT2D eigenvalue weighted by atomic mass is 16.5. The van der Waals surface area contributed by atoms with Gasteiger partial charge in [-0.3, -0.25) is 9.59 Å². The standard InChI is InChI=1S/C18H18N2O3/c1-13(21)19-16-9-7-15(8-10-16)18(22)20-11-17(23-12-20)14-5-3-2-4-6-14/h2-10,17H,11-12H2,1H3,(H,19,21). The van der Waals surface area contributed by atoms with Gasteiger partial charge in [-0.15, -0.1) is 0 Å². The molecule has 1 aliphatic rings. The van der Waals surface area contributed by atoms with Crippen LogP contribution in [0.4, 0.5) is 5.69 Å². The minimum absolute atomic E-state index is 0.0715. The molecule has 2 aromatic carbocycles. The van der Waals surface area contributed by atoms with E-state index in [0.717, 1.165) is 5.56 Å². The minimum Gasteiger partial charge on any atom is -0.351 e. The van der Waals surface area contributed by atoms with E-state index in [2.05, 4.69) is 5.32 Å². The summed E-state index contributed by atoms with van der Waals surface area (Å²) in [4.78, 5) is 25.2. The Kier molecular flexibility index (Phi) is 4.39. The Balaban J connectivity index is 1.66. The monoisotopic (exact) mass is 310 g/mol. The van der Waals surface area contributed by atoms with Crippen molar-refractivity contribution < 1.29 is 14.3 Å². The summed E-state index contributed by atoms with van der Waals surface area (Å²) in [5.74, 6) is -0.208. The number of anilines is 1. The number of benzene rings is 2. The zero-order valence-corrected chi connectivity index (χ0v) is 12.9. The van der Waals surface area contributed by atoms with Crippen LogP contribution in [-0.4, -0.2) is 30.0 Å². The van der Waals surface area contributed by atoms with Crippen LogP contribution in [0, 0.1) is 0 Å². The van der Waals surface area contributed by atoms with Gasteiger partial charge >= 0.3 is 0 Å². The zero-order chi connectivity index (χ0) is 16.2. The molecular formula is C18H18N2O3. The molecule has 1 saturated heterocycles. The normalized spacial score (nSPS) is 17.1. The Morgan fingerprint density at radius 3 is 2.43 bits per heavy atom. The number of nitrogens with zero attached hydrogens (tertiary/aromatic N) is 1. The maximum absolute atomic E-state index is 12.5. The van der Waals surface area contributed by atoms with Gasteiger partial charge in [-0.05, 0) is 29.8 Å². The summed E-state index contributed by atoms with van der Waals surface area (Å²) in [6.45, 7) is 2.27. The van der Waals surface area contributed by atoms with Gasteiger partial charge in [-0.25, -0.2) is 0 Å². The van der Waals surface area contributed by atoms with E-state index in [-0.39, 0.29) is 24.6 Å².